The number of amides is 1. The zero-order chi connectivity index (χ0) is 18.8. The summed E-state index contributed by atoms with van der Waals surface area (Å²) < 4.78 is 16.3. The first-order chi connectivity index (χ1) is 12.4. The van der Waals surface area contributed by atoms with Crippen LogP contribution in [0.5, 0.6) is 0 Å². The molecule has 0 aliphatic carbocycles. The molecule has 1 N–H and O–H groups in total. The van der Waals surface area contributed by atoms with E-state index in [1.807, 2.05) is 13.8 Å². The van der Waals surface area contributed by atoms with E-state index in [9.17, 15) is 14.7 Å². The van der Waals surface area contributed by atoms with E-state index in [2.05, 4.69) is 0 Å². The molecule has 1 amide bonds. The summed E-state index contributed by atoms with van der Waals surface area (Å²) in [5, 5.41) is 10.4. The van der Waals surface area contributed by atoms with Crippen molar-refractivity contribution >= 4 is 11.7 Å². The van der Waals surface area contributed by atoms with E-state index in [4.69, 9.17) is 13.6 Å². The van der Waals surface area contributed by atoms with Gasteiger partial charge in [-0.15, -0.1) is 0 Å². The van der Waals surface area contributed by atoms with Crippen molar-refractivity contribution in [3.05, 3.63) is 59.1 Å². The number of ether oxygens (including phenoxy) is 1. The molecule has 0 aromatic carbocycles. The fraction of sp³-hybridized carbons (Fsp3) is 0.368. The third-order valence-electron chi connectivity index (χ3n) is 4.11. The number of hydrogen-bond acceptors (Lipinski definition) is 6. The van der Waals surface area contributed by atoms with Crippen molar-refractivity contribution in [1.29, 1.82) is 0 Å². The van der Waals surface area contributed by atoms with Crippen LogP contribution in [-0.2, 0) is 9.53 Å². The van der Waals surface area contributed by atoms with Crippen molar-refractivity contribution in [2.75, 3.05) is 13.2 Å². The quantitative estimate of drug-likeness (QED) is 0.763. The Morgan fingerprint density at radius 1 is 1.35 bits per heavy atom. The van der Waals surface area contributed by atoms with Crippen LogP contribution in [0.25, 0.3) is 0 Å². The highest BCUT2D eigenvalue weighted by molar-refractivity contribution is 6.14. The second kappa shape index (κ2) is 7.21. The van der Waals surface area contributed by atoms with Crippen molar-refractivity contribution in [1.82, 2.24) is 4.90 Å². The van der Waals surface area contributed by atoms with Crippen LogP contribution in [0.3, 0.4) is 0 Å². The molecule has 3 heterocycles. The molecule has 0 saturated carbocycles. The molecule has 0 fully saturated rings. The van der Waals surface area contributed by atoms with Crippen molar-refractivity contribution in [3.63, 3.8) is 0 Å². The molecule has 7 nitrogen and oxygen atoms in total. The Bertz CT molecular complexity index is 830. The van der Waals surface area contributed by atoms with Gasteiger partial charge in [0.1, 0.15) is 17.6 Å². The first-order valence-corrected chi connectivity index (χ1v) is 8.40. The van der Waals surface area contributed by atoms with Gasteiger partial charge in [-0.2, -0.15) is 0 Å². The lowest BCUT2D eigenvalue weighted by Crippen LogP contribution is -2.34. The molecule has 3 rings (SSSR count). The molecule has 0 radical (unpaired) electrons. The van der Waals surface area contributed by atoms with E-state index >= 15 is 0 Å². The topological polar surface area (TPSA) is 93.1 Å². The lowest BCUT2D eigenvalue weighted by molar-refractivity contribution is -0.130. The van der Waals surface area contributed by atoms with Gasteiger partial charge in [-0.3, -0.25) is 9.59 Å². The molecule has 138 valence electrons. The summed E-state index contributed by atoms with van der Waals surface area (Å²) in [4.78, 5) is 26.8. The SMILES string of the molecule is Cc1ccc(C2C(C(=O)c3ccco3)=C(O)C(=O)N2CCOC(C)C)o1. The minimum Gasteiger partial charge on any atom is -0.503 e. The third kappa shape index (κ3) is 3.30. The summed E-state index contributed by atoms with van der Waals surface area (Å²) in [6, 6.07) is 5.67. The van der Waals surface area contributed by atoms with Crippen molar-refractivity contribution < 1.29 is 28.3 Å². The fourth-order valence-corrected chi connectivity index (χ4v) is 2.94. The Morgan fingerprint density at radius 2 is 2.12 bits per heavy atom. The Morgan fingerprint density at radius 3 is 2.69 bits per heavy atom. The number of aliphatic hydroxyl groups excluding tert-OH is 1. The Hall–Kier alpha value is -2.80. The normalized spacial score (nSPS) is 17.6. The van der Waals surface area contributed by atoms with Gasteiger partial charge in [-0.1, -0.05) is 0 Å². The summed E-state index contributed by atoms with van der Waals surface area (Å²) in [5.74, 6) is -0.678. The number of furan rings is 2. The van der Waals surface area contributed by atoms with Gasteiger partial charge >= 0.3 is 0 Å². The van der Waals surface area contributed by atoms with Gasteiger partial charge in [0, 0.05) is 6.54 Å². The average Bonchev–Trinajstić information content (AvgIpc) is 3.30. The number of rotatable bonds is 7. The van der Waals surface area contributed by atoms with Crippen molar-refractivity contribution in [2.24, 2.45) is 0 Å². The predicted molar refractivity (Wildman–Crippen MR) is 91.7 cm³/mol. The van der Waals surface area contributed by atoms with Gasteiger partial charge in [0.25, 0.3) is 5.91 Å². The molecule has 1 unspecified atom stereocenters. The predicted octanol–water partition coefficient (Wildman–Crippen LogP) is 3.18. The molecule has 0 saturated heterocycles. The van der Waals surface area contributed by atoms with Crippen LogP contribution in [0.1, 0.15) is 42.0 Å². The molecule has 0 bridgehead atoms. The number of hydrogen-bond donors (Lipinski definition) is 1. The largest absolute Gasteiger partial charge is 0.503 e. The van der Waals surface area contributed by atoms with Gasteiger partial charge in [0.15, 0.2) is 11.5 Å². The molecule has 7 heteroatoms. The van der Waals surface area contributed by atoms with Crippen LogP contribution >= 0.6 is 0 Å². The van der Waals surface area contributed by atoms with Gasteiger partial charge in [-0.25, -0.2) is 0 Å². The van der Waals surface area contributed by atoms with Gasteiger partial charge in [-0.05, 0) is 45.0 Å². The molecule has 0 spiro atoms. The van der Waals surface area contributed by atoms with E-state index in [1.165, 1.54) is 17.2 Å². The number of carbonyl (C=O) groups excluding carboxylic acids is 2. The standard InChI is InChI=1S/C19H21NO6/c1-11(2)24-10-8-20-16(13-7-6-12(3)26-13)15(18(22)19(20)23)17(21)14-5-4-9-25-14/h4-7,9,11,16,22H,8,10H2,1-3H3. The number of Topliss-reactive ketones (excluding diaryl/α,β-unsaturated/α-hetero) is 1. The highest BCUT2D eigenvalue weighted by Gasteiger charge is 2.45. The Balaban J connectivity index is 1.97. The highest BCUT2D eigenvalue weighted by Crippen LogP contribution is 2.39. The van der Waals surface area contributed by atoms with Crippen LogP contribution in [-0.4, -0.2) is 41.0 Å². The molecule has 1 aliphatic heterocycles. The minimum absolute atomic E-state index is 0.00258. The first kappa shape index (κ1) is 18.0. The maximum atomic E-state index is 12.8. The average molecular weight is 359 g/mol. The Labute approximate surface area is 150 Å². The lowest BCUT2D eigenvalue weighted by Gasteiger charge is -2.25. The zero-order valence-corrected chi connectivity index (χ0v) is 14.9. The Kier molecular flexibility index (Phi) is 4.99. The third-order valence-corrected chi connectivity index (χ3v) is 4.11. The molecule has 1 atom stereocenters. The number of aryl methyl sites for hydroxylation is 1. The first-order valence-electron chi connectivity index (χ1n) is 8.40. The van der Waals surface area contributed by atoms with E-state index in [0.29, 0.717) is 11.5 Å². The summed E-state index contributed by atoms with van der Waals surface area (Å²) in [6.07, 6.45) is 1.37. The summed E-state index contributed by atoms with van der Waals surface area (Å²) in [7, 11) is 0. The molecular weight excluding hydrogens is 338 g/mol. The summed E-state index contributed by atoms with van der Waals surface area (Å²) >= 11 is 0. The van der Waals surface area contributed by atoms with Crippen LogP contribution in [0, 0.1) is 6.92 Å². The maximum absolute atomic E-state index is 12.8. The van der Waals surface area contributed by atoms with E-state index in [0.717, 1.165) is 0 Å². The molecule has 1 aliphatic rings. The number of aliphatic hydroxyl groups is 1. The van der Waals surface area contributed by atoms with Gasteiger partial charge in [0.2, 0.25) is 5.78 Å². The fourth-order valence-electron chi connectivity index (χ4n) is 2.94. The van der Waals surface area contributed by atoms with Crippen molar-refractivity contribution in [3.8, 4) is 0 Å². The zero-order valence-electron chi connectivity index (χ0n) is 14.9. The molecule has 2 aromatic heterocycles. The van der Waals surface area contributed by atoms with Crippen molar-refractivity contribution in [2.45, 2.75) is 32.9 Å². The maximum Gasteiger partial charge on any atom is 0.290 e. The smallest absolute Gasteiger partial charge is 0.290 e. The van der Waals surface area contributed by atoms with Gasteiger partial charge in [0.05, 0.1) is 24.5 Å². The highest BCUT2D eigenvalue weighted by atomic mass is 16.5. The number of ketones is 1. The second-order valence-corrected chi connectivity index (χ2v) is 6.34. The van der Waals surface area contributed by atoms with Crippen LogP contribution in [0.4, 0.5) is 0 Å². The number of nitrogens with zero attached hydrogens (tertiary/aromatic N) is 1. The lowest BCUT2D eigenvalue weighted by atomic mass is 10.00. The van der Waals surface area contributed by atoms with Gasteiger partial charge < -0.3 is 23.6 Å². The van der Waals surface area contributed by atoms with Crippen LogP contribution in [0.2, 0.25) is 0 Å². The monoisotopic (exact) mass is 359 g/mol. The molecule has 26 heavy (non-hydrogen) atoms. The van der Waals surface area contributed by atoms with Crippen LogP contribution < -0.4 is 0 Å². The second-order valence-electron chi connectivity index (χ2n) is 6.34. The molecule has 2 aromatic rings. The number of carbonyl (C=O) groups is 2. The van der Waals surface area contributed by atoms with E-state index in [1.54, 1.807) is 25.1 Å². The van der Waals surface area contributed by atoms with Crippen LogP contribution in [0.15, 0.2) is 50.7 Å². The van der Waals surface area contributed by atoms with E-state index in [-0.39, 0.29) is 30.6 Å². The minimum atomic E-state index is -0.829. The van der Waals surface area contributed by atoms with E-state index < -0.39 is 23.5 Å². The summed E-state index contributed by atoms with van der Waals surface area (Å²) in [5.41, 5.74) is -0.0520. The molecular formula is C19H21NO6. The summed E-state index contributed by atoms with van der Waals surface area (Å²) in [6.45, 7) is 6.03.